The van der Waals surface area contributed by atoms with Gasteiger partial charge in [0.2, 0.25) is 5.91 Å². The van der Waals surface area contributed by atoms with Crippen LogP contribution in [0.3, 0.4) is 0 Å². The van der Waals surface area contributed by atoms with Gasteiger partial charge < -0.3 is 19.4 Å². The number of aromatic nitrogens is 3. The van der Waals surface area contributed by atoms with Gasteiger partial charge in [-0.3, -0.25) is 4.79 Å². The Kier molecular flexibility index (Phi) is 6.46. The summed E-state index contributed by atoms with van der Waals surface area (Å²) in [4.78, 5) is 12.6. The van der Waals surface area contributed by atoms with Crippen LogP contribution in [-0.4, -0.2) is 33.0 Å². The van der Waals surface area contributed by atoms with E-state index < -0.39 is 0 Å². The number of hydrogen-bond acceptors (Lipinski definition) is 6. The maximum absolute atomic E-state index is 12.6. The Balaban J connectivity index is 1.41. The minimum absolute atomic E-state index is 0.0590. The van der Waals surface area contributed by atoms with E-state index in [-0.39, 0.29) is 17.8 Å². The van der Waals surface area contributed by atoms with E-state index >= 15 is 0 Å². The van der Waals surface area contributed by atoms with Crippen molar-refractivity contribution in [3.05, 3.63) is 59.4 Å². The number of benzene rings is 2. The highest BCUT2D eigenvalue weighted by atomic mass is 32.2. The Morgan fingerprint density at radius 2 is 1.81 bits per heavy atom. The molecule has 0 saturated heterocycles. The number of thioether (sulfide) groups is 1. The number of amides is 1. The molecule has 0 saturated carbocycles. The highest BCUT2D eigenvalue weighted by Gasteiger charge is 2.27. The zero-order valence-electron chi connectivity index (χ0n) is 17.9. The minimum Gasteiger partial charge on any atom is -0.485 e. The summed E-state index contributed by atoms with van der Waals surface area (Å²) in [6, 6.07) is 13.7. The maximum atomic E-state index is 12.6. The summed E-state index contributed by atoms with van der Waals surface area (Å²) < 4.78 is 13.7. The number of para-hydroxylation sites is 3. The van der Waals surface area contributed by atoms with Gasteiger partial charge in [-0.05, 0) is 36.1 Å². The lowest BCUT2D eigenvalue weighted by Gasteiger charge is -2.25. The predicted octanol–water partition coefficient (Wildman–Crippen LogP) is 4.18. The molecule has 7 nitrogen and oxygen atoms in total. The molecular weight excluding hydrogens is 412 g/mol. The highest BCUT2D eigenvalue weighted by Crippen LogP contribution is 2.35. The number of ether oxygens (including phenoxy) is 2. The van der Waals surface area contributed by atoms with Gasteiger partial charge in [0.15, 0.2) is 28.6 Å². The topological polar surface area (TPSA) is 78.3 Å². The average molecular weight is 439 g/mol. The molecule has 162 valence electrons. The van der Waals surface area contributed by atoms with E-state index in [2.05, 4.69) is 41.5 Å². The third-order valence-corrected chi connectivity index (χ3v) is 6.28. The smallest absolute Gasteiger partial charge is 0.234 e. The van der Waals surface area contributed by atoms with Crippen LogP contribution in [0.15, 0.2) is 47.6 Å². The van der Waals surface area contributed by atoms with Crippen LogP contribution in [0.4, 0.5) is 5.69 Å². The van der Waals surface area contributed by atoms with Crippen LogP contribution < -0.4 is 14.8 Å². The lowest BCUT2D eigenvalue weighted by atomic mass is 10.0. The van der Waals surface area contributed by atoms with Crippen molar-refractivity contribution in [2.45, 2.75) is 37.9 Å². The van der Waals surface area contributed by atoms with Gasteiger partial charge in [0, 0.05) is 12.7 Å². The number of hydrogen-bond donors (Lipinski definition) is 1. The maximum Gasteiger partial charge on any atom is 0.234 e. The molecule has 0 spiro atoms. The molecule has 1 unspecified atom stereocenters. The van der Waals surface area contributed by atoms with Crippen molar-refractivity contribution in [2.75, 3.05) is 17.7 Å². The van der Waals surface area contributed by atoms with E-state index in [9.17, 15) is 4.79 Å². The van der Waals surface area contributed by atoms with Crippen LogP contribution in [0.1, 0.15) is 36.9 Å². The quantitative estimate of drug-likeness (QED) is 0.558. The molecule has 31 heavy (non-hydrogen) atoms. The van der Waals surface area contributed by atoms with Crippen LogP contribution in [0, 0.1) is 0 Å². The number of carbonyl (C=O) groups excluding carboxylic acids is 1. The Morgan fingerprint density at radius 1 is 1.10 bits per heavy atom. The molecule has 1 N–H and O–H groups in total. The molecule has 2 heterocycles. The molecule has 3 aromatic rings. The van der Waals surface area contributed by atoms with E-state index in [4.69, 9.17) is 9.47 Å². The highest BCUT2D eigenvalue weighted by molar-refractivity contribution is 7.99. The number of nitrogens with zero attached hydrogens (tertiary/aromatic N) is 3. The van der Waals surface area contributed by atoms with Gasteiger partial charge in [-0.2, -0.15) is 0 Å². The SMILES string of the molecule is CCc1cccc(CC)c1NC(=O)CSc1nnc(C2COc3ccccc3O2)n1C. The van der Waals surface area contributed by atoms with E-state index in [1.54, 1.807) is 0 Å². The third-order valence-electron chi connectivity index (χ3n) is 5.26. The number of fused-ring (bicyclic) bond motifs is 1. The van der Waals surface area contributed by atoms with E-state index in [0.29, 0.717) is 23.3 Å². The van der Waals surface area contributed by atoms with Gasteiger partial charge >= 0.3 is 0 Å². The average Bonchev–Trinajstić information content (AvgIpc) is 3.17. The predicted molar refractivity (Wildman–Crippen MR) is 121 cm³/mol. The van der Waals surface area contributed by atoms with Crippen molar-refractivity contribution < 1.29 is 14.3 Å². The molecule has 1 atom stereocenters. The van der Waals surface area contributed by atoms with Gasteiger partial charge in [-0.15, -0.1) is 10.2 Å². The van der Waals surface area contributed by atoms with Crippen LogP contribution in [-0.2, 0) is 24.7 Å². The largest absolute Gasteiger partial charge is 0.485 e. The lowest BCUT2D eigenvalue weighted by Crippen LogP contribution is -2.24. The molecule has 2 aromatic carbocycles. The summed E-state index contributed by atoms with van der Waals surface area (Å²) >= 11 is 1.35. The van der Waals surface area contributed by atoms with Gasteiger partial charge in [0.1, 0.15) is 6.61 Å². The molecule has 0 aliphatic carbocycles. The van der Waals surface area contributed by atoms with E-state index in [1.165, 1.54) is 11.8 Å². The van der Waals surface area contributed by atoms with Gasteiger partial charge in [-0.1, -0.05) is 55.9 Å². The molecule has 1 aromatic heterocycles. The second-order valence-electron chi connectivity index (χ2n) is 7.26. The first kappa shape index (κ1) is 21.2. The lowest BCUT2D eigenvalue weighted by molar-refractivity contribution is -0.113. The van der Waals surface area contributed by atoms with Gasteiger partial charge in [0.25, 0.3) is 0 Å². The first-order chi connectivity index (χ1) is 15.1. The van der Waals surface area contributed by atoms with Crippen LogP contribution in [0.25, 0.3) is 0 Å². The van der Waals surface area contributed by atoms with Crippen molar-refractivity contribution in [1.29, 1.82) is 0 Å². The van der Waals surface area contributed by atoms with E-state index in [0.717, 1.165) is 35.4 Å². The Labute approximate surface area is 186 Å². The van der Waals surface area contributed by atoms with Crippen molar-refractivity contribution in [3.63, 3.8) is 0 Å². The van der Waals surface area contributed by atoms with Crippen molar-refractivity contribution >= 4 is 23.4 Å². The molecule has 8 heteroatoms. The Bertz CT molecular complexity index is 1060. The molecule has 0 fully saturated rings. The molecule has 1 aliphatic heterocycles. The molecular formula is C23H26N4O3S. The monoisotopic (exact) mass is 438 g/mol. The Hall–Kier alpha value is -3.00. The number of rotatable bonds is 7. The van der Waals surface area contributed by atoms with E-state index in [1.807, 2.05) is 41.9 Å². The zero-order valence-corrected chi connectivity index (χ0v) is 18.7. The fourth-order valence-corrected chi connectivity index (χ4v) is 4.31. The Morgan fingerprint density at radius 3 is 2.52 bits per heavy atom. The summed E-state index contributed by atoms with van der Waals surface area (Å²) in [7, 11) is 1.88. The second-order valence-corrected chi connectivity index (χ2v) is 8.20. The summed E-state index contributed by atoms with van der Waals surface area (Å²) in [5.74, 6) is 2.28. The number of carbonyl (C=O) groups is 1. The number of nitrogens with one attached hydrogen (secondary N) is 1. The first-order valence-corrected chi connectivity index (χ1v) is 11.4. The second kappa shape index (κ2) is 9.43. The van der Waals surface area contributed by atoms with Crippen LogP contribution in [0.2, 0.25) is 0 Å². The standard InChI is InChI=1S/C23H26N4O3S/c1-4-15-9-8-10-16(5-2)21(15)24-20(28)14-31-23-26-25-22(27(23)3)19-13-29-17-11-6-7-12-18(17)30-19/h6-12,19H,4-5,13-14H2,1-3H3,(H,24,28). The van der Waals surface area contributed by atoms with Crippen molar-refractivity contribution in [2.24, 2.45) is 7.05 Å². The number of aryl methyl sites for hydroxylation is 2. The van der Waals surface area contributed by atoms with Crippen LogP contribution in [0.5, 0.6) is 11.5 Å². The number of anilines is 1. The fraction of sp³-hybridized carbons (Fsp3) is 0.348. The molecule has 0 bridgehead atoms. The summed E-state index contributed by atoms with van der Waals surface area (Å²) in [6.45, 7) is 4.55. The van der Waals surface area contributed by atoms with Crippen LogP contribution >= 0.6 is 11.8 Å². The van der Waals surface area contributed by atoms with Gasteiger partial charge in [-0.25, -0.2) is 0 Å². The zero-order chi connectivity index (χ0) is 21.8. The first-order valence-electron chi connectivity index (χ1n) is 10.4. The summed E-state index contributed by atoms with van der Waals surface area (Å²) in [6.07, 6.45) is 1.39. The summed E-state index contributed by atoms with van der Waals surface area (Å²) in [5.41, 5.74) is 3.23. The third kappa shape index (κ3) is 4.54. The molecule has 1 aliphatic rings. The minimum atomic E-state index is -0.348. The van der Waals surface area contributed by atoms with Crippen molar-refractivity contribution in [3.8, 4) is 11.5 Å². The molecule has 0 radical (unpaired) electrons. The van der Waals surface area contributed by atoms with Gasteiger partial charge in [0.05, 0.1) is 5.75 Å². The van der Waals surface area contributed by atoms with Crippen molar-refractivity contribution in [1.82, 2.24) is 14.8 Å². The fourth-order valence-electron chi connectivity index (χ4n) is 3.59. The molecule has 1 amide bonds. The summed E-state index contributed by atoms with van der Waals surface area (Å²) in [5, 5.41) is 12.3. The molecule has 4 rings (SSSR count). The normalized spacial score (nSPS) is 15.0.